The van der Waals surface area contributed by atoms with Crippen LogP contribution in [0.15, 0.2) is 24.3 Å². The summed E-state index contributed by atoms with van der Waals surface area (Å²) in [4.78, 5) is 4.35. The number of nitrogens with zero attached hydrogens (tertiary/aromatic N) is 3. The molecule has 76 valence electrons. The second kappa shape index (κ2) is 3.62. The average Bonchev–Trinajstić information content (AvgIpc) is 2.56. The molecule has 0 amide bonds. The summed E-state index contributed by atoms with van der Waals surface area (Å²) in [7, 11) is 0. The molecule has 0 unspecified atom stereocenters. The lowest BCUT2D eigenvalue weighted by atomic mass is 10.3. The molecule has 15 heavy (non-hydrogen) atoms. The zero-order valence-corrected chi connectivity index (χ0v) is 8.73. The van der Waals surface area contributed by atoms with Crippen LogP contribution in [0.4, 0.5) is 5.95 Å². The number of para-hydroxylation sites is 2. The Bertz CT molecular complexity index is 519. The van der Waals surface area contributed by atoms with E-state index in [4.69, 9.17) is 5.26 Å². The topological polar surface area (TPSA) is 53.6 Å². The van der Waals surface area contributed by atoms with Crippen LogP contribution >= 0.6 is 0 Å². The molecule has 0 saturated heterocycles. The Morgan fingerprint density at radius 3 is 2.80 bits per heavy atom. The third-order valence-corrected chi connectivity index (χ3v) is 2.28. The van der Waals surface area contributed by atoms with E-state index in [1.165, 1.54) is 0 Å². The molecule has 2 aromatic rings. The molecule has 0 aliphatic rings. The highest BCUT2D eigenvalue weighted by atomic mass is 15.2. The standard InChI is InChI=1S/C11H12N4/c1-8(2)15-10-6-4-3-5-9(10)14-11(15)13-7-12/h3-6,8H,1-2H3,(H,13,14). The molecule has 0 spiro atoms. The summed E-state index contributed by atoms with van der Waals surface area (Å²) in [5, 5.41) is 11.2. The number of hydrogen-bond donors (Lipinski definition) is 1. The maximum absolute atomic E-state index is 8.64. The number of fused-ring (bicyclic) bond motifs is 1. The van der Waals surface area contributed by atoms with Gasteiger partial charge in [-0.3, -0.25) is 5.32 Å². The van der Waals surface area contributed by atoms with Gasteiger partial charge in [0.15, 0.2) is 6.19 Å². The Labute approximate surface area is 88.2 Å². The van der Waals surface area contributed by atoms with Crippen molar-refractivity contribution in [3.05, 3.63) is 24.3 Å². The van der Waals surface area contributed by atoms with Crippen LogP contribution < -0.4 is 5.32 Å². The molecule has 0 fully saturated rings. The van der Waals surface area contributed by atoms with Crippen LogP contribution in [-0.2, 0) is 0 Å². The summed E-state index contributed by atoms with van der Waals surface area (Å²) >= 11 is 0. The van der Waals surface area contributed by atoms with Crippen LogP contribution in [0.3, 0.4) is 0 Å². The van der Waals surface area contributed by atoms with Gasteiger partial charge in [0.2, 0.25) is 5.95 Å². The van der Waals surface area contributed by atoms with Crippen molar-refractivity contribution in [2.45, 2.75) is 19.9 Å². The number of rotatable bonds is 2. The zero-order chi connectivity index (χ0) is 10.8. The molecule has 1 heterocycles. The first-order valence-corrected chi connectivity index (χ1v) is 4.86. The van der Waals surface area contributed by atoms with Crippen LogP contribution in [-0.4, -0.2) is 9.55 Å². The smallest absolute Gasteiger partial charge is 0.217 e. The molecule has 0 aliphatic heterocycles. The van der Waals surface area contributed by atoms with Gasteiger partial charge in [-0.25, -0.2) is 4.98 Å². The van der Waals surface area contributed by atoms with Gasteiger partial charge in [0.25, 0.3) is 0 Å². The van der Waals surface area contributed by atoms with Crippen molar-refractivity contribution in [1.82, 2.24) is 9.55 Å². The third-order valence-electron chi connectivity index (χ3n) is 2.28. The van der Waals surface area contributed by atoms with Gasteiger partial charge in [0.05, 0.1) is 11.0 Å². The third kappa shape index (κ3) is 1.52. The second-order valence-electron chi connectivity index (χ2n) is 3.62. The van der Waals surface area contributed by atoms with Gasteiger partial charge in [-0.05, 0) is 26.0 Å². The average molecular weight is 200 g/mol. The van der Waals surface area contributed by atoms with Gasteiger partial charge in [-0.1, -0.05) is 12.1 Å². The number of hydrogen-bond acceptors (Lipinski definition) is 3. The quantitative estimate of drug-likeness (QED) is 0.598. The normalized spacial score (nSPS) is 10.5. The molecule has 0 radical (unpaired) electrons. The van der Waals surface area contributed by atoms with Crippen LogP contribution in [0, 0.1) is 11.5 Å². The number of benzene rings is 1. The first-order valence-electron chi connectivity index (χ1n) is 4.86. The molecule has 0 aliphatic carbocycles. The molecule has 0 bridgehead atoms. The lowest BCUT2D eigenvalue weighted by Gasteiger charge is -2.10. The van der Waals surface area contributed by atoms with Crippen LogP contribution in [0.5, 0.6) is 0 Å². The van der Waals surface area contributed by atoms with Gasteiger partial charge in [0.1, 0.15) is 0 Å². The SMILES string of the molecule is CC(C)n1c(NC#N)nc2ccccc21. The molecule has 4 heteroatoms. The fourth-order valence-corrected chi connectivity index (χ4v) is 1.71. The van der Waals surface area contributed by atoms with Gasteiger partial charge in [0, 0.05) is 6.04 Å². The van der Waals surface area contributed by atoms with Gasteiger partial charge < -0.3 is 4.57 Å². The van der Waals surface area contributed by atoms with E-state index >= 15 is 0 Å². The van der Waals surface area contributed by atoms with E-state index in [1.54, 1.807) is 0 Å². The largest absolute Gasteiger partial charge is 0.307 e. The molecule has 1 aromatic heterocycles. The number of anilines is 1. The minimum Gasteiger partial charge on any atom is -0.307 e. The molecular weight excluding hydrogens is 188 g/mol. The summed E-state index contributed by atoms with van der Waals surface area (Å²) in [5.41, 5.74) is 1.95. The van der Waals surface area contributed by atoms with E-state index in [2.05, 4.69) is 24.1 Å². The fourth-order valence-electron chi connectivity index (χ4n) is 1.71. The Morgan fingerprint density at radius 2 is 2.13 bits per heavy atom. The Kier molecular flexibility index (Phi) is 2.30. The van der Waals surface area contributed by atoms with Gasteiger partial charge in [-0.2, -0.15) is 5.26 Å². The Morgan fingerprint density at radius 1 is 1.40 bits per heavy atom. The van der Waals surface area contributed by atoms with Crippen LogP contribution in [0.1, 0.15) is 19.9 Å². The zero-order valence-electron chi connectivity index (χ0n) is 8.73. The van der Waals surface area contributed by atoms with Crippen molar-refractivity contribution in [3.8, 4) is 6.19 Å². The van der Waals surface area contributed by atoms with Gasteiger partial charge in [-0.15, -0.1) is 0 Å². The number of nitriles is 1. The van der Waals surface area contributed by atoms with Gasteiger partial charge >= 0.3 is 0 Å². The molecule has 0 atom stereocenters. The minimum atomic E-state index is 0.272. The maximum Gasteiger partial charge on any atom is 0.217 e. The number of nitrogens with one attached hydrogen (secondary N) is 1. The highest BCUT2D eigenvalue weighted by Gasteiger charge is 2.11. The minimum absolute atomic E-state index is 0.272. The summed E-state index contributed by atoms with van der Waals surface area (Å²) in [6.07, 6.45) is 1.91. The number of imidazole rings is 1. The molecule has 1 N–H and O–H groups in total. The van der Waals surface area contributed by atoms with E-state index in [0.717, 1.165) is 11.0 Å². The van der Waals surface area contributed by atoms with Crippen LogP contribution in [0.25, 0.3) is 11.0 Å². The summed E-state index contributed by atoms with van der Waals surface area (Å²) in [5.74, 6) is 0.605. The molecular formula is C11H12N4. The molecule has 2 rings (SSSR count). The predicted molar refractivity (Wildman–Crippen MR) is 59.4 cm³/mol. The van der Waals surface area contributed by atoms with Crippen molar-refractivity contribution in [2.75, 3.05) is 5.32 Å². The molecule has 0 saturated carbocycles. The Balaban J connectivity index is 2.70. The van der Waals surface area contributed by atoms with Crippen molar-refractivity contribution in [3.63, 3.8) is 0 Å². The van der Waals surface area contributed by atoms with E-state index in [9.17, 15) is 0 Å². The summed E-state index contributed by atoms with van der Waals surface area (Å²) < 4.78 is 2.01. The van der Waals surface area contributed by atoms with Crippen molar-refractivity contribution < 1.29 is 0 Å². The lowest BCUT2D eigenvalue weighted by Crippen LogP contribution is -2.05. The first kappa shape index (κ1) is 9.53. The highest BCUT2D eigenvalue weighted by Crippen LogP contribution is 2.23. The monoisotopic (exact) mass is 200 g/mol. The number of aromatic nitrogens is 2. The van der Waals surface area contributed by atoms with Crippen molar-refractivity contribution in [1.29, 1.82) is 5.26 Å². The maximum atomic E-state index is 8.64. The van der Waals surface area contributed by atoms with Crippen LogP contribution in [0.2, 0.25) is 0 Å². The predicted octanol–water partition coefficient (Wildman–Crippen LogP) is 2.51. The van der Waals surface area contributed by atoms with E-state index in [1.807, 2.05) is 35.0 Å². The molecule has 4 nitrogen and oxygen atoms in total. The lowest BCUT2D eigenvalue weighted by molar-refractivity contribution is 0.626. The van der Waals surface area contributed by atoms with Crippen molar-refractivity contribution in [2.24, 2.45) is 0 Å². The Hall–Kier alpha value is -2.02. The second-order valence-corrected chi connectivity index (χ2v) is 3.62. The summed E-state index contributed by atoms with van der Waals surface area (Å²) in [6.45, 7) is 4.13. The van der Waals surface area contributed by atoms with E-state index in [0.29, 0.717) is 5.95 Å². The highest BCUT2D eigenvalue weighted by molar-refractivity contribution is 5.79. The van der Waals surface area contributed by atoms with E-state index in [-0.39, 0.29) is 6.04 Å². The van der Waals surface area contributed by atoms with Crippen molar-refractivity contribution >= 4 is 17.0 Å². The summed E-state index contributed by atoms with van der Waals surface area (Å²) in [6, 6.07) is 8.13. The molecule has 1 aromatic carbocycles. The van der Waals surface area contributed by atoms with E-state index < -0.39 is 0 Å². The first-order chi connectivity index (χ1) is 7.24. The fraction of sp³-hybridized carbons (Fsp3) is 0.273.